The lowest BCUT2D eigenvalue weighted by molar-refractivity contribution is -0.134. The number of nitrogens with one attached hydrogen (secondary N) is 3. The van der Waals surface area contributed by atoms with Gasteiger partial charge in [0.25, 0.3) is 5.91 Å². The summed E-state index contributed by atoms with van der Waals surface area (Å²) in [6, 6.07) is 5.01. The molecule has 8 heteroatoms. The summed E-state index contributed by atoms with van der Waals surface area (Å²) in [4.78, 5) is 38.0. The smallest absolute Gasteiger partial charge is 0.323 e. The third-order valence-electron chi connectivity index (χ3n) is 4.33. The second kappa shape index (κ2) is 6.52. The van der Waals surface area contributed by atoms with E-state index in [0.717, 1.165) is 27.9 Å². The van der Waals surface area contributed by atoms with Crippen molar-refractivity contribution in [3.05, 3.63) is 28.2 Å². The van der Waals surface area contributed by atoms with Crippen LogP contribution in [0.3, 0.4) is 0 Å². The molecule has 24 heavy (non-hydrogen) atoms. The Bertz CT molecular complexity index is 701. The summed E-state index contributed by atoms with van der Waals surface area (Å²) < 4.78 is 0.751. The standard InChI is InChI=1S/C16H19BrN4O3/c1-10-3-4-12(11(17)7-10)19-13(22)8-21-14(23)16(20-15(21)24)5-2-6-18-9-16/h3-4,7,18H,2,5-6,8-9H2,1H3,(H,19,22)(H,20,24). The molecule has 1 aromatic carbocycles. The van der Waals surface area contributed by atoms with Crippen LogP contribution in [0.2, 0.25) is 0 Å². The summed E-state index contributed by atoms with van der Waals surface area (Å²) in [5, 5.41) is 8.59. The quantitative estimate of drug-likeness (QED) is 0.675. The predicted octanol–water partition coefficient (Wildman–Crippen LogP) is 1.37. The summed E-state index contributed by atoms with van der Waals surface area (Å²) in [5.41, 5.74) is 0.757. The highest BCUT2D eigenvalue weighted by atomic mass is 79.9. The van der Waals surface area contributed by atoms with Crippen LogP contribution >= 0.6 is 15.9 Å². The summed E-state index contributed by atoms with van der Waals surface area (Å²) in [6.45, 7) is 2.88. The number of halogens is 1. The van der Waals surface area contributed by atoms with Crippen molar-refractivity contribution >= 4 is 39.5 Å². The number of nitrogens with zero attached hydrogens (tertiary/aromatic N) is 1. The van der Waals surface area contributed by atoms with Gasteiger partial charge >= 0.3 is 6.03 Å². The number of carbonyl (C=O) groups is 3. The van der Waals surface area contributed by atoms with Gasteiger partial charge in [-0.05, 0) is 59.9 Å². The SMILES string of the molecule is Cc1ccc(NC(=O)CN2C(=O)NC3(CCCNC3)C2=O)c(Br)c1. The first-order chi connectivity index (χ1) is 11.4. The van der Waals surface area contributed by atoms with Gasteiger partial charge in [-0.2, -0.15) is 0 Å². The fourth-order valence-corrected chi connectivity index (χ4v) is 3.66. The van der Waals surface area contributed by atoms with E-state index in [2.05, 4.69) is 31.9 Å². The van der Waals surface area contributed by atoms with Gasteiger partial charge in [-0.1, -0.05) is 6.07 Å². The minimum atomic E-state index is -0.903. The van der Waals surface area contributed by atoms with Gasteiger partial charge < -0.3 is 16.0 Å². The molecule has 0 bridgehead atoms. The van der Waals surface area contributed by atoms with E-state index in [1.807, 2.05) is 19.1 Å². The average molecular weight is 395 g/mol. The highest BCUT2D eigenvalue weighted by Gasteiger charge is 2.51. The minimum Gasteiger partial charge on any atom is -0.323 e. The van der Waals surface area contributed by atoms with E-state index in [0.29, 0.717) is 18.7 Å². The highest BCUT2D eigenvalue weighted by Crippen LogP contribution is 2.26. The molecule has 4 amide bonds. The molecule has 2 fully saturated rings. The van der Waals surface area contributed by atoms with Crippen molar-refractivity contribution in [1.29, 1.82) is 0 Å². The minimum absolute atomic E-state index is 0.299. The molecule has 2 aliphatic heterocycles. The van der Waals surface area contributed by atoms with Crippen LogP contribution in [0.1, 0.15) is 18.4 Å². The maximum absolute atomic E-state index is 12.6. The number of aryl methyl sites for hydroxylation is 1. The van der Waals surface area contributed by atoms with Gasteiger partial charge in [0.2, 0.25) is 5.91 Å². The van der Waals surface area contributed by atoms with Gasteiger partial charge in [-0.3, -0.25) is 14.5 Å². The molecule has 2 heterocycles. The Kier molecular flexibility index (Phi) is 4.60. The molecule has 1 spiro atoms. The van der Waals surface area contributed by atoms with E-state index in [9.17, 15) is 14.4 Å². The molecule has 1 atom stereocenters. The zero-order chi connectivity index (χ0) is 17.3. The monoisotopic (exact) mass is 394 g/mol. The molecular weight excluding hydrogens is 376 g/mol. The molecule has 0 radical (unpaired) electrons. The van der Waals surface area contributed by atoms with Crippen LogP contribution in [-0.4, -0.2) is 47.9 Å². The van der Waals surface area contributed by atoms with Crippen molar-refractivity contribution in [3.8, 4) is 0 Å². The van der Waals surface area contributed by atoms with Crippen LogP contribution in [-0.2, 0) is 9.59 Å². The van der Waals surface area contributed by atoms with Gasteiger partial charge in [0.05, 0.1) is 5.69 Å². The second-order valence-electron chi connectivity index (χ2n) is 6.22. The van der Waals surface area contributed by atoms with Crippen molar-refractivity contribution in [3.63, 3.8) is 0 Å². The summed E-state index contributed by atoms with van der Waals surface area (Å²) in [7, 11) is 0. The molecular formula is C16H19BrN4O3. The topological polar surface area (TPSA) is 90.5 Å². The van der Waals surface area contributed by atoms with Crippen LogP contribution in [0.5, 0.6) is 0 Å². The lowest BCUT2D eigenvalue weighted by atomic mass is 9.90. The number of amides is 4. The second-order valence-corrected chi connectivity index (χ2v) is 7.07. The average Bonchev–Trinajstić information content (AvgIpc) is 2.75. The third kappa shape index (κ3) is 3.16. The Morgan fingerprint density at radius 1 is 1.42 bits per heavy atom. The zero-order valence-corrected chi connectivity index (χ0v) is 14.9. The van der Waals surface area contributed by atoms with Crippen LogP contribution in [0.25, 0.3) is 0 Å². The Morgan fingerprint density at radius 2 is 2.21 bits per heavy atom. The number of rotatable bonds is 3. The van der Waals surface area contributed by atoms with Gasteiger partial charge in [-0.15, -0.1) is 0 Å². The first-order valence-corrected chi connectivity index (χ1v) is 8.61. The number of hydrogen-bond acceptors (Lipinski definition) is 4. The normalized spacial score (nSPS) is 23.5. The van der Waals surface area contributed by atoms with E-state index in [4.69, 9.17) is 0 Å². The zero-order valence-electron chi connectivity index (χ0n) is 13.3. The van der Waals surface area contributed by atoms with Crippen LogP contribution in [0.4, 0.5) is 10.5 Å². The number of hydrogen-bond donors (Lipinski definition) is 3. The molecule has 3 N–H and O–H groups in total. The summed E-state index contributed by atoms with van der Waals surface area (Å²) in [6.07, 6.45) is 1.40. The Balaban J connectivity index is 1.68. The first-order valence-electron chi connectivity index (χ1n) is 7.82. The molecule has 1 unspecified atom stereocenters. The molecule has 3 rings (SSSR count). The van der Waals surface area contributed by atoms with Crippen molar-refractivity contribution in [1.82, 2.24) is 15.5 Å². The molecule has 2 aliphatic rings. The maximum atomic E-state index is 12.6. The van der Waals surface area contributed by atoms with Gasteiger partial charge in [0, 0.05) is 11.0 Å². The van der Waals surface area contributed by atoms with Gasteiger partial charge in [-0.25, -0.2) is 4.79 Å². The van der Waals surface area contributed by atoms with Crippen LogP contribution in [0, 0.1) is 6.92 Å². The Labute approximate surface area is 148 Å². The van der Waals surface area contributed by atoms with E-state index < -0.39 is 17.5 Å². The molecule has 128 valence electrons. The number of benzene rings is 1. The summed E-state index contributed by atoms with van der Waals surface area (Å²) in [5.74, 6) is -0.748. The van der Waals surface area contributed by atoms with Gasteiger partial charge in [0.1, 0.15) is 12.1 Å². The Hall–Kier alpha value is -1.93. The fraction of sp³-hybridized carbons (Fsp3) is 0.438. The molecule has 7 nitrogen and oxygen atoms in total. The largest absolute Gasteiger partial charge is 0.325 e. The van der Waals surface area contributed by atoms with Gasteiger partial charge in [0.15, 0.2) is 0 Å². The van der Waals surface area contributed by atoms with E-state index in [1.54, 1.807) is 6.07 Å². The maximum Gasteiger partial charge on any atom is 0.325 e. The van der Waals surface area contributed by atoms with E-state index in [-0.39, 0.29) is 12.5 Å². The van der Waals surface area contributed by atoms with E-state index in [1.165, 1.54) is 0 Å². The molecule has 0 aliphatic carbocycles. The third-order valence-corrected chi connectivity index (χ3v) is 4.99. The van der Waals surface area contributed by atoms with Crippen molar-refractivity contribution < 1.29 is 14.4 Å². The van der Waals surface area contributed by atoms with E-state index >= 15 is 0 Å². The van der Waals surface area contributed by atoms with Crippen LogP contribution in [0.15, 0.2) is 22.7 Å². The first kappa shape index (κ1) is 16.9. The Morgan fingerprint density at radius 3 is 2.88 bits per heavy atom. The number of carbonyl (C=O) groups excluding carboxylic acids is 3. The molecule has 0 aromatic heterocycles. The van der Waals surface area contributed by atoms with Crippen LogP contribution < -0.4 is 16.0 Å². The van der Waals surface area contributed by atoms with Crippen molar-refractivity contribution in [2.75, 3.05) is 25.0 Å². The van der Waals surface area contributed by atoms with Crippen molar-refractivity contribution in [2.45, 2.75) is 25.3 Å². The number of imide groups is 1. The van der Waals surface area contributed by atoms with Crippen molar-refractivity contribution in [2.24, 2.45) is 0 Å². The summed E-state index contributed by atoms with van der Waals surface area (Å²) >= 11 is 3.39. The molecule has 2 saturated heterocycles. The lowest BCUT2D eigenvalue weighted by Gasteiger charge is -2.31. The highest BCUT2D eigenvalue weighted by molar-refractivity contribution is 9.10. The molecule has 1 aromatic rings. The predicted molar refractivity (Wildman–Crippen MR) is 92.6 cm³/mol. The number of anilines is 1. The number of piperidine rings is 1. The fourth-order valence-electron chi connectivity index (χ4n) is 3.07. The lowest BCUT2D eigenvalue weighted by Crippen LogP contribution is -2.57. The number of urea groups is 1. The molecule has 0 saturated carbocycles.